The summed E-state index contributed by atoms with van der Waals surface area (Å²) in [6.07, 6.45) is 3.80. The lowest BCUT2D eigenvalue weighted by Crippen LogP contribution is -2.43. The first-order chi connectivity index (χ1) is 6.71. The van der Waals surface area contributed by atoms with E-state index in [1.165, 1.54) is 0 Å². The zero-order valence-electron chi connectivity index (χ0n) is 7.40. The minimum atomic E-state index is -2.54. The Kier molecular flexibility index (Phi) is 2.68. The van der Waals surface area contributed by atoms with Crippen LogP contribution in [0.1, 0.15) is 0 Å². The van der Waals surface area contributed by atoms with Gasteiger partial charge >= 0.3 is 6.86 Å². The molecule has 0 amide bonds. The molecule has 2 aromatic rings. The highest BCUT2D eigenvalue weighted by molar-refractivity contribution is 7.50. The summed E-state index contributed by atoms with van der Waals surface area (Å²) in [7, 11) is 0. The molecule has 0 spiro atoms. The van der Waals surface area contributed by atoms with Crippen LogP contribution in [0.3, 0.4) is 0 Å². The molecule has 0 fully saturated rings. The molecule has 14 heavy (non-hydrogen) atoms. The first-order valence-electron chi connectivity index (χ1n) is 4.28. The van der Waals surface area contributed by atoms with Gasteiger partial charge in [0.25, 0.3) is 0 Å². The SMILES string of the molecule is Cl[Si](Cl)(c1ccccc1)n1cccc1. The van der Waals surface area contributed by atoms with Crippen molar-refractivity contribution in [1.82, 2.24) is 4.23 Å². The second-order valence-electron chi connectivity index (χ2n) is 3.00. The fraction of sp³-hybridized carbons (Fsp3) is 0. The Bertz CT molecular complexity index is 397. The highest BCUT2D eigenvalue weighted by Crippen LogP contribution is 2.17. The molecule has 1 aromatic heterocycles. The maximum atomic E-state index is 6.40. The van der Waals surface area contributed by atoms with E-state index in [1.54, 1.807) is 0 Å². The molecular weight excluding hydrogens is 233 g/mol. The summed E-state index contributed by atoms with van der Waals surface area (Å²) in [5, 5.41) is 1.000. The maximum Gasteiger partial charge on any atom is 0.389 e. The molecule has 0 aliphatic rings. The van der Waals surface area contributed by atoms with E-state index < -0.39 is 6.86 Å². The molecule has 0 saturated carbocycles. The number of halogens is 2. The topological polar surface area (TPSA) is 4.93 Å². The van der Waals surface area contributed by atoms with Crippen molar-refractivity contribution < 1.29 is 0 Å². The van der Waals surface area contributed by atoms with Crippen molar-refractivity contribution in [2.75, 3.05) is 0 Å². The molecule has 2 rings (SSSR count). The lowest BCUT2D eigenvalue weighted by atomic mass is 10.4. The average Bonchev–Trinajstić information content (AvgIpc) is 2.72. The Morgan fingerprint density at radius 2 is 1.43 bits per heavy atom. The highest BCUT2D eigenvalue weighted by atomic mass is 35.7. The van der Waals surface area contributed by atoms with Crippen LogP contribution in [-0.2, 0) is 0 Å². The van der Waals surface area contributed by atoms with Crippen LogP contribution in [0.5, 0.6) is 0 Å². The first-order valence-corrected chi connectivity index (χ1v) is 8.25. The van der Waals surface area contributed by atoms with Crippen LogP contribution in [0.15, 0.2) is 54.9 Å². The van der Waals surface area contributed by atoms with Crippen LogP contribution in [0.25, 0.3) is 0 Å². The zero-order chi connectivity index (χ0) is 10.0. The standard InChI is InChI=1S/C10H9Cl2NSi/c11-14(12,13-8-4-5-9-13)10-6-2-1-3-7-10/h1-9H. The fourth-order valence-corrected chi connectivity index (χ4v) is 4.18. The molecule has 0 saturated heterocycles. The minimum absolute atomic E-state index is 1.000. The molecule has 1 nitrogen and oxygen atoms in total. The Morgan fingerprint density at radius 1 is 0.857 bits per heavy atom. The maximum absolute atomic E-state index is 6.40. The molecule has 0 N–H and O–H groups in total. The summed E-state index contributed by atoms with van der Waals surface area (Å²) in [6, 6.07) is 13.6. The average molecular weight is 242 g/mol. The third-order valence-corrected chi connectivity index (χ3v) is 6.50. The largest absolute Gasteiger partial charge is 0.389 e. The normalized spacial score (nSPS) is 11.6. The van der Waals surface area contributed by atoms with Crippen LogP contribution in [0.2, 0.25) is 0 Å². The van der Waals surface area contributed by atoms with Crippen molar-refractivity contribution in [2.24, 2.45) is 0 Å². The van der Waals surface area contributed by atoms with Gasteiger partial charge in [-0.2, -0.15) is 0 Å². The number of nitrogens with zero attached hydrogens (tertiary/aromatic N) is 1. The Balaban J connectivity index is 2.43. The summed E-state index contributed by atoms with van der Waals surface area (Å²) >= 11 is 12.8. The van der Waals surface area contributed by atoms with Crippen molar-refractivity contribution >= 4 is 34.2 Å². The Hall–Kier alpha value is -0.703. The number of benzene rings is 1. The molecule has 0 aliphatic heterocycles. The smallest absolute Gasteiger partial charge is 0.352 e. The number of rotatable bonds is 2. The van der Waals surface area contributed by atoms with Crippen molar-refractivity contribution in [3.05, 3.63) is 54.9 Å². The van der Waals surface area contributed by atoms with Gasteiger partial charge in [-0.25, -0.2) is 0 Å². The molecular formula is C10H9Cl2NSi. The molecule has 4 heteroatoms. The predicted octanol–water partition coefficient (Wildman–Crippen LogP) is 2.66. The van der Waals surface area contributed by atoms with E-state index in [4.69, 9.17) is 22.2 Å². The summed E-state index contributed by atoms with van der Waals surface area (Å²) in [5.41, 5.74) is 0. The molecule has 0 aliphatic carbocycles. The molecule has 72 valence electrons. The number of hydrogen-bond acceptors (Lipinski definition) is 0. The van der Waals surface area contributed by atoms with Gasteiger partial charge in [0.2, 0.25) is 0 Å². The summed E-state index contributed by atoms with van der Waals surface area (Å²) in [4.78, 5) is 0. The molecule has 1 aromatic carbocycles. The Labute approximate surface area is 93.4 Å². The summed E-state index contributed by atoms with van der Waals surface area (Å²) < 4.78 is 1.89. The van der Waals surface area contributed by atoms with Crippen LogP contribution in [0.4, 0.5) is 0 Å². The van der Waals surface area contributed by atoms with Crippen LogP contribution in [0, 0.1) is 0 Å². The van der Waals surface area contributed by atoms with Crippen molar-refractivity contribution in [1.29, 1.82) is 0 Å². The fourth-order valence-electron chi connectivity index (χ4n) is 1.31. The van der Waals surface area contributed by atoms with Crippen LogP contribution >= 0.6 is 22.2 Å². The van der Waals surface area contributed by atoms with Crippen molar-refractivity contribution in [3.63, 3.8) is 0 Å². The molecule has 0 bridgehead atoms. The van der Waals surface area contributed by atoms with Gasteiger partial charge in [-0.1, -0.05) is 30.3 Å². The van der Waals surface area contributed by atoms with Gasteiger partial charge in [-0.05, 0) is 29.7 Å². The summed E-state index contributed by atoms with van der Waals surface area (Å²) in [6.45, 7) is -2.54. The van der Waals surface area contributed by atoms with Gasteiger partial charge in [0.1, 0.15) is 0 Å². The highest BCUT2D eigenvalue weighted by Gasteiger charge is 2.32. The number of aromatic nitrogens is 1. The Morgan fingerprint density at radius 3 is 2.00 bits per heavy atom. The first kappa shape index (κ1) is 9.84. The van der Waals surface area contributed by atoms with E-state index >= 15 is 0 Å². The molecule has 1 heterocycles. The third-order valence-electron chi connectivity index (χ3n) is 2.05. The van der Waals surface area contributed by atoms with Gasteiger partial charge in [0, 0.05) is 0 Å². The van der Waals surface area contributed by atoms with E-state index in [-0.39, 0.29) is 0 Å². The predicted molar refractivity (Wildman–Crippen MR) is 63.4 cm³/mol. The molecule has 0 unspecified atom stereocenters. The van der Waals surface area contributed by atoms with E-state index in [1.807, 2.05) is 59.1 Å². The second kappa shape index (κ2) is 3.81. The van der Waals surface area contributed by atoms with E-state index in [0.29, 0.717) is 0 Å². The van der Waals surface area contributed by atoms with Crippen molar-refractivity contribution in [3.8, 4) is 0 Å². The zero-order valence-corrected chi connectivity index (χ0v) is 9.91. The van der Waals surface area contributed by atoms with Crippen LogP contribution in [-0.4, -0.2) is 11.1 Å². The van der Waals surface area contributed by atoms with Gasteiger partial charge in [-0.15, -0.1) is 22.2 Å². The van der Waals surface area contributed by atoms with Crippen LogP contribution < -0.4 is 5.19 Å². The third kappa shape index (κ3) is 1.73. The number of hydrogen-bond donors (Lipinski definition) is 0. The van der Waals surface area contributed by atoms with Gasteiger partial charge < -0.3 is 4.23 Å². The minimum Gasteiger partial charge on any atom is -0.352 e. The second-order valence-corrected chi connectivity index (χ2v) is 9.04. The van der Waals surface area contributed by atoms with E-state index in [0.717, 1.165) is 5.19 Å². The quantitative estimate of drug-likeness (QED) is 0.563. The lowest BCUT2D eigenvalue weighted by Gasteiger charge is -2.18. The molecule has 0 radical (unpaired) electrons. The van der Waals surface area contributed by atoms with E-state index in [9.17, 15) is 0 Å². The molecule has 0 atom stereocenters. The summed E-state index contributed by atoms with van der Waals surface area (Å²) in [5.74, 6) is 0. The van der Waals surface area contributed by atoms with Gasteiger partial charge in [-0.3, -0.25) is 0 Å². The lowest BCUT2D eigenvalue weighted by molar-refractivity contribution is 1.22. The monoisotopic (exact) mass is 241 g/mol. The van der Waals surface area contributed by atoms with Crippen molar-refractivity contribution in [2.45, 2.75) is 0 Å². The van der Waals surface area contributed by atoms with E-state index in [2.05, 4.69) is 0 Å². The van der Waals surface area contributed by atoms with Gasteiger partial charge in [0.15, 0.2) is 0 Å². The van der Waals surface area contributed by atoms with Gasteiger partial charge in [0.05, 0.1) is 0 Å².